The lowest BCUT2D eigenvalue weighted by atomic mass is 9.75. The lowest BCUT2D eigenvalue weighted by molar-refractivity contribution is -0.241. The fourth-order valence-corrected chi connectivity index (χ4v) is 2.22. The smallest absolute Gasteiger partial charge is 0.164 e. The molecule has 0 N–H and O–H groups in total. The molecule has 0 unspecified atom stereocenters. The van der Waals surface area contributed by atoms with Gasteiger partial charge in [0.25, 0.3) is 0 Å². The molecule has 4 heteroatoms. The Morgan fingerprint density at radius 3 is 1.40 bits per heavy atom. The van der Waals surface area contributed by atoms with Crippen molar-refractivity contribution in [2.75, 3.05) is 28.4 Å². The highest BCUT2D eigenvalue weighted by Crippen LogP contribution is 2.38. The third kappa shape index (κ3) is 2.91. The summed E-state index contributed by atoms with van der Waals surface area (Å²) in [6, 6.07) is 0. The Kier molecular flexibility index (Phi) is 5.53. The van der Waals surface area contributed by atoms with E-state index >= 15 is 0 Å². The molecule has 90 valence electrons. The second kappa shape index (κ2) is 6.43. The first-order valence-corrected chi connectivity index (χ1v) is 5.39. The zero-order chi connectivity index (χ0) is 11.3. The number of rotatable bonds is 7. The Balaban J connectivity index is 2.65. The normalized spacial score (nSPS) is 17.8. The topological polar surface area (TPSA) is 36.9 Å². The third-order valence-corrected chi connectivity index (χ3v) is 3.25. The molecule has 0 heterocycles. The molecular formula is C11H22O4. The van der Waals surface area contributed by atoms with Gasteiger partial charge in [0, 0.05) is 28.4 Å². The van der Waals surface area contributed by atoms with Gasteiger partial charge >= 0.3 is 0 Å². The largest absolute Gasteiger partial charge is 0.355 e. The Hall–Kier alpha value is -0.160. The van der Waals surface area contributed by atoms with E-state index in [-0.39, 0.29) is 18.5 Å². The van der Waals surface area contributed by atoms with Crippen molar-refractivity contribution in [3.63, 3.8) is 0 Å². The summed E-state index contributed by atoms with van der Waals surface area (Å²) in [6.07, 6.45) is 3.19. The van der Waals surface area contributed by atoms with Crippen molar-refractivity contribution in [3.8, 4) is 0 Å². The molecule has 0 bridgehead atoms. The van der Waals surface area contributed by atoms with E-state index in [2.05, 4.69) is 0 Å². The maximum atomic E-state index is 5.32. The lowest BCUT2D eigenvalue weighted by Crippen LogP contribution is -2.43. The van der Waals surface area contributed by atoms with Crippen LogP contribution in [0, 0.1) is 11.8 Å². The quantitative estimate of drug-likeness (QED) is 0.609. The van der Waals surface area contributed by atoms with Crippen molar-refractivity contribution in [2.45, 2.75) is 31.8 Å². The standard InChI is InChI=1S/C11H22O4/c1-12-10(13-2)9(8-6-5-7-8)11(14-3)15-4/h8-11H,5-7H2,1-4H3. The molecule has 0 radical (unpaired) electrons. The van der Waals surface area contributed by atoms with E-state index in [1.807, 2.05) is 0 Å². The average Bonchev–Trinajstić information content (AvgIpc) is 2.18. The van der Waals surface area contributed by atoms with Gasteiger partial charge in [-0.15, -0.1) is 0 Å². The predicted octanol–water partition coefficient (Wildman–Crippen LogP) is 1.64. The van der Waals surface area contributed by atoms with Crippen LogP contribution in [-0.4, -0.2) is 41.0 Å². The van der Waals surface area contributed by atoms with Crippen LogP contribution in [0.1, 0.15) is 19.3 Å². The number of hydrogen-bond acceptors (Lipinski definition) is 4. The molecule has 0 aromatic heterocycles. The maximum Gasteiger partial charge on any atom is 0.164 e. The van der Waals surface area contributed by atoms with Gasteiger partial charge in [-0.3, -0.25) is 0 Å². The molecule has 1 saturated carbocycles. The minimum absolute atomic E-state index is 0.156. The van der Waals surface area contributed by atoms with E-state index in [9.17, 15) is 0 Å². The fraction of sp³-hybridized carbons (Fsp3) is 1.00. The molecule has 4 nitrogen and oxygen atoms in total. The Morgan fingerprint density at radius 1 is 0.800 bits per heavy atom. The van der Waals surface area contributed by atoms with Crippen LogP contribution in [0.3, 0.4) is 0 Å². The first-order valence-electron chi connectivity index (χ1n) is 5.39. The van der Waals surface area contributed by atoms with Gasteiger partial charge in [-0.1, -0.05) is 6.42 Å². The Morgan fingerprint density at radius 2 is 1.20 bits per heavy atom. The summed E-state index contributed by atoms with van der Waals surface area (Å²) in [5, 5.41) is 0. The van der Waals surface area contributed by atoms with Gasteiger partial charge < -0.3 is 18.9 Å². The van der Waals surface area contributed by atoms with Gasteiger partial charge in [0.1, 0.15) is 0 Å². The van der Waals surface area contributed by atoms with E-state index in [0.717, 1.165) is 0 Å². The van der Waals surface area contributed by atoms with Gasteiger partial charge in [-0.05, 0) is 18.8 Å². The van der Waals surface area contributed by atoms with Crippen LogP contribution in [0.25, 0.3) is 0 Å². The van der Waals surface area contributed by atoms with Crippen molar-refractivity contribution >= 4 is 0 Å². The highest BCUT2D eigenvalue weighted by Gasteiger charge is 2.39. The summed E-state index contributed by atoms with van der Waals surface area (Å²) < 4.78 is 21.3. The van der Waals surface area contributed by atoms with Crippen molar-refractivity contribution in [2.24, 2.45) is 11.8 Å². The van der Waals surface area contributed by atoms with E-state index in [0.29, 0.717) is 5.92 Å². The molecule has 15 heavy (non-hydrogen) atoms. The van der Waals surface area contributed by atoms with Gasteiger partial charge in [-0.2, -0.15) is 0 Å². The second-order valence-electron chi connectivity index (χ2n) is 3.95. The fourth-order valence-electron chi connectivity index (χ4n) is 2.22. The average molecular weight is 218 g/mol. The van der Waals surface area contributed by atoms with Gasteiger partial charge in [0.2, 0.25) is 0 Å². The minimum Gasteiger partial charge on any atom is -0.355 e. The van der Waals surface area contributed by atoms with Gasteiger partial charge in [0.15, 0.2) is 12.6 Å². The summed E-state index contributed by atoms with van der Waals surface area (Å²) in [5.41, 5.74) is 0. The van der Waals surface area contributed by atoms with Gasteiger partial charge in [-0.25, -0.2) is 0 Å². The molecular weight excluding hydrogens is 196 g/mol. The molecule has 0 saturated heterocycles. The molecule has 0 atom stereocenters. The summed E-state index contributed by atoms with van der Waals surface area (Å²) >= 11 is 0. The molecule has 0 aromatic rings. The maximum absolute atomic E-state index is 5.32. The predicted molar refractivity (Wildman–Crippen MR) is 56.4 cm³/mol. The van der Waals surface area contributed by atoms with E-state index in [1.54, 1.807) is 28.4 Å². The zero-order valence-electron chi connectivity index (χ0n) is 10.1. The van der Waals surface area contributed by atoms with Crippen LogP contribution in [-0.2, 0) is 18.9 Å². The molecule has 0 aliphatic heterocycles. The number of ether oxygens (including phenoxy) is 4. The summed E-state index contributed by atoms with van der Waals surface area (Å²) in [7, 11) is 6.62. The molecule has 1 fully saturated rings. The van der Waals surface area contributed by atoms with Gasteiger partial charge in [0.05, 0.1) is 5.92 Å². The minimum atomic E-state index is -0.250. The molecule has 0 amide bonds. The molecule has 0 aromatic carbocycles. The molecule has 0 spiro atoms. The van der Waals surface area contributed by atoms with Crippen molar-refractivity contribution in [1.82, 2.24) is 0 Å². The van der Waals surface area contributed by atoms with E-state index < -0.39 is 0 Å². The molecule has 1 aliphatic rings. The first-order chi connectivity index (χ1) is 7.28. The van der Waals surface area contributed by atoms with Crippen molar-refractivity contribution < 1.29 is 18.9 Å². The highest BCUT2D eigenvalue weighted by atomic mass is 16.7. The van der Waals surface area contributed by atoms with Crippen LogP contribution in [0.2, 0.25) is 0 Å². The summed E-state index contributed by atoms with van der Waals surface area (Å²) in [6.45, 7) is 0. The van der Waals surface area contributed by atoms with Crippen LogP contribution in [0.15, 0.2) is 0 Å². The third-order valence-electron chi connectivity index (χ3n) is 3.25. The Labute approximate surface area is 91.8 Å². The highest BCUT2D eigenvalue weighted by molar-refractivity contribution is 4.82. The van der Waals surface area contributed by atoms with Crippen LogP contribution in [0.5, 0.6) is 0 Å². The van der Waals surface area contributed by atoms with Crippen molar-refractivity contribution in [3.05, 3.63) is 0 Å². The zero-order valence-corrected chi connectivity index (χ0v) is 10.1. The van der Waals surface area contributed by atoms with E-state index in [1.165, 1.54) is 19.3 Å². The molecule has 1 rings (SSSR count). The summed E-state index contributed by atoms with van der Waals surface area (Å²) in [4.78, 5) is 0. The number of methoxy groups -OCH3 is 4. The number of hydrogen-bond donors (Lipinski definition) is 0. The molecule has 1 aliphatic carbocycles. The van der Waals surface area contributed by atoms with E-state index in [4.69, 9.17) is 18.9 Å². The summed E-state index contributed by atoms with van der Waals surface area (Å²) in [5.74, 6) is 0.739. The second-order valence-corrected chi connectivity index (χ2v) is 3.95. The monoisotopic (exact) mass is 218 g/mol. The van der Waals surface area contributed by atoms with Crippen LogP contribution >= 0.6 is 0 Å². The van der Waals surface area contributed by atoms with Crippen LogP contribution < -0.4 is 0 Å². The van der Waals surface area contributed by atoms with Crippen LogP contribution in [0.4, 0.5) is 0 Å². The lowest BCUT2D eigenvalue weighted by Gasteiger charge is -2.40. The first kappa shape index (κ1) is 12.9. The SMILES string of the molecule is COC(OC)C(C1CCC1)C(OC)OC. The van der Waals surface area contributed by atoms with Crippen molar-refractivity contribution in [1.29, 1.82) is 0 Å². The Bertz CT molecular complexity index is 150.